The van der Waals surface area contributed by atoms with Crippen molar-refractivity contribution < 1.29 is 12.8 Å². The van der Waals surface area contributed by atoms with Gasteiger partial charge in [-0.2, -0.15) is 17.4 Å². The van der Waals surface area contributed by atoms with Gasteiger partial charge in [0.25, 0.3) is 10.2 Å². The van der Waals surface area contributed by atoms with E-state index in [1.807, 2.05) is 0 Å². The van der Waals surface area contributed by atoms with Crippen molar-refractivity contribution >= 4 is 10.2 Å². The molecule has 0 bridgehead atoms. The second-order valence-electron chi connectivity index (χ2n) is 3.98. The van der Waals surface area contributed by atoms with Crippen LogP contribution in [0.4, 0.5) is 4.39 Å². The average molecular weight is 274 g/mol. The van der Waals surface area contributed by atoms with Crippen molar-refractivity contribution in [3.05, 3.63) is 35.6 Å². The second-order valence-corrected chi connectivity index (χ2v) is 5.68. The monoisotopic (exact) mass is 274 g/mol. The minimum atomic E-state index is -3.49. The van der Waals surface area contributed by atoms with E-state index in [0.717, 1.165) is 5.56 Å². The normalized spacial score (nSPS) is 13.8. The van der Waals surface area contributed by atoms with Gasteiger partial charge in [0.05, 0.1) is 0 Å². The van der Waals surface area contributed by atoms with Crippen LogP contribution in [0, 0.1) is 5.82 Å². The van der Waals surface area contributed by atoms with Gasteiger partial charge in [-0.1, -0.05) is 26.0 Å². The molecule has 0 saturated heterocycles. The van der Waals surface area contributed by atoms with E-state index >= 15 is 0 Å². The number of rotatable bonds is 6. The molecule has 0 aliphatic rings. The Morgan fingerprint density at radius 1 is 1.22 bits per heavy atom. The molecule has 0 aromatic heterocycles. The Labute approximate surface area is 108 Å². The lowest BCUT2D eigenvalue weighted by molar-refractivity contribution is 0.429. The molecule has 0 amide bonds. The van der Waals surface area contributed by atoms with E-state index in [1.165, 1.54) is 16.4 Å². The molecular weight excluding hydrogens is 255 g/mol. The van der Waals surface area contributed by atoms with Crippen molar-refractivity contribution in [2.75, 3.05) is 13.1 Å². The van der Waals surface area contributed by atoms with Crippen LogP contribution < -0.4 is 4.72 Å². The first-order chi connectivity index (χ1) is 8.40. The quantitative estimate of drug-likeness (QED) is 0.863. The fourth-order valence-corrected chi connectivity index (χ4v) is 3.09. The predicted molar refractivity (Wildman–Crippen MR) is 69.8 cm³/mol. The molecule has 4 nitrogen and oxygen atoms in total. The lowest BCUT2D eigenvalue weighted by Gasteiger charge is -2.22. The molecule has 0 aliphatic carbocycles. The van der Waals surface area contributed by atoms with Crippen molar-refractivity contribution in [1.82, 2.24) is 9.03 Å². The molecule has 0 radical (unpaired) electrons. The highest BCUT2D eigenvalue weighted by Crippen LogP contribution is 2.14. The summed E-state index contributed by atoms with van der Waals surface area (Å²) in [6.45, 7) is 6.13. The Morgan fingerprint density at radius 2 is 1.72 bits per heavy atom. The molecule has 0 fully saturated rings. The summed E-state index contributed by atoms with van der Waals surface area (Å²) in [6, 6.07) is 5.39. The molecule has 18 heavy (non-hydrogen) atoms. The highest BCUT2D eigenvalue weighted by atomic mass is 32.2. The topological polar surface area (TPSA) is 49.4 Å². The summed E-state index contributed by atoms with van der Waals surface area (Å²) in [5, 5.41) is 0. The minimum absolute atomic E-state index is 0.336. The maximum atomic E-state index is 12.8. The van der Waals surface area contributed by atoms with Crippen LogP contribution in [0.1, 0.15) is 32.4 Å². The van der Waals surface area contributed by atoms with Gasteiger partial charge in [0.15, 0.2) is 0 Å². The number of hydrogen-bond donors (Lipinski definition) is 1. The van der Waals surface area contributed by atoms with Gasteiger partial charge in [-0.3, -0.25) is 0 Å². The van der Waals surface area contributed by atoms with Crippen LogP contribution in [0.15, 0.2) is 24.3 Å². The summed E-state index contributed by atoms with van der Waals surface area (Å²) in [5.74, 6) is -0.336. The Bertz CT molecular complexity index is 469. The van der Waals surface area contributed by atoms with E-state index in [0.29, 0.717) is 13.1 Å². The van der Waals surface area contributed by atoms with Crippen molar-refractivity contribution in [2.45, 2.75) is 26.8 Å². The highest BCUT2D eigenvalue weighted by Gasteiger charge is 2.21. The summed E-state index contributed by atoms with van der Waals surface area (Å²) in [4.78, 5) is 0. The first kappa shape index (κ1) is 15.1. The molecule has 1 atom stereocenters. The Kier molecular flexibility index (Phi) is 5.25. The number of nitrogens with one attached hydrogen (secondary N) is 1. The zero-order valence-electron chi connectivity index (χ0n) is 10.9. The van der Waals surface area contributed by atoms with E-state index < -0.39 is 16.3 Å². The predicted octanol–water partition coefficient (Wildman–Crippen LogP) is 2.06. The van der Waals surface area contributed by atoms with E-state index in [9.17, 15) is 12.8 Å². The average Bonchev–Trinajstić information content (AvgIpc) is 2.30. The molecule has 0 saturated carbocycles. The molecule has 0 spiro atoms. The van der Waals surface area contributed by atoms with Gasteiger partial charge >= 0.3 is 0 Å². The third-order valence-electron chi connectivity index (χ3n) is 2.74. The fraction of sp³-hybridized carbons (Fsp3) is 0.500. The van der Waals surface area contributed by atoms with Gasteiger partial charge in [-0.25, -0.2) is 4.39 Å². The van der Waals surface area contributed by atoms with Crippen LogP contribution in [0.2, 0.25) is 0 Å². The third kappa shape index (κ3) is 3.76. The van der Waals surface area contributed by atoms with Gasteiger partial charge < -0.3 is 0 Å². The van der Waals surface area contributed by atoms with Crippen LogP contribution in [0.5, 0.6) is 0 Å². The number of halogens is 1. The van der Waals surface area contributed by atoms with Gasteiger partial charge in [-0.15, -0.1) is 0 Å². The van der Waals surface area contributed by atoms with Crippen molar-refractivity contribution in [2.24, 2.45) is 0 Å². The molecular formula is C12H19FN2O2S. The molecule has 0 aliphatic heterocycles. The zero-order valence-corrected chi connectivity index (χ0v) is 11.7. The number of benzene rings is 1. The zero-order chi connectivity index (χ0) is 13.8. The SMILES string of the molecule is CCN(CC)S(=O)(=O)N[C@H](C)c1ccc(F)cc1. The first-order valence-electron chi connectivity index (χ1n) is 5.93. The molecule has 1 rings (SSSR count). The Morgan fingerprint density at radius 3 is 2.17 bits per heavy atom. The molecule has 1 N–H and O–H groups in total. The fourth-order valence-electron chi connectivity index (χ4n) is 1.68. The largest absolute Gasteiger partial charge is 0.279 e. The summed E-state index contributed by atoms with van der Waals surface area (Å²) in [6.07, 6.45) is 0. The van der Waals surface area contributed by atoms with E-state index in [4.69, 9.17) is 0 Å². The lowest BCUT2D eigenvalue weighted by atomic mass is 10.1. The van der Waals surface area contributed by atoms with Crippen molar-refractivity contribution in [1.29, 1.82) is 0 Å². The van der Waals surface area contributed by atoms with Gasteiger partial charge in [-0.05, 0) is 24.6 Å². The van der Waals surface area contributed by atoms with Crippen LogP contribution >= 0.6 is 0 Å². The standard InChI is InChI=1S/C12H19FN2O2S/c1-4-15(5-2)18(16,17)14-10(3)11-6-8-12(13)9-7-11/h6-10,14H,4-5H2,1-3H3/t10-/m1/s1. The highest BCUT2D eigenvalue weighted by molar-refractivity contribution is 7.87. The maximum absolute atomic E-state index is 12.8. The van der Waals surface area contributed by atoms with Gasteiger partial charge in [0, 0.05) is 19.1 Å². The van der Waals surface area contributed by atoms with Crippen LogP contribution in [0.25, 0.3) is 0 Å². The number of hydrogen-bond acceptors (Lipinski definition) is 2. The van der Waals surface area contributed by atoms with Crippen LogP contribution in [-0.4, -0.2) is 25.8 Å². The molecule has 1 aromatic rings. The molecule has 0 unspecified atom stereocenters. The molecule has 0 heterocycles. The van der Waals surface area contributed by atoms with Crippen molar-refractivity contribution in [3.8, 4) is 0 Å². The van der Waals surface area contributed by atoms with Gasteiger partial charge in [0.1, 0.15) is 5.82 Å². The van der Waals surface area contributed by atoms with Gasteiger partial charge in [0.2, 0.25) is 0 Å². The summed E-state index contributed by atoms with van der Waals surface area (Å²) in [7, 11) is -3.49. The first-order valence-corrected chi connectivity index (χ1v) is 7.37. The Hall–Kier alpha value is -0.980. The second kappa shape index (κ2) is 6.26. The lowest BCUT2D eigenvalue weighted by Crippen LogP contribution is -2.41. The molecule has 6 heteroatoms. The smallest absolute Gasteiger partial charge is 0.207 e. The summed E-state index contributed by atoms with van der Waals surface area (Å²) < 4.78 is 40.7. The van der Waals surface area contributed by atoms with E-state index in [-0.39, 0.29) is 5.82 Å². The third-order valence-corrected chi connectivity index (χ3v) is 4.59. The van der Waals surface area contributed by atoms with E-state index in [2.05, 4.69) is 4.72 Å². The summed E-state index contributed by atoms with van der Waals surface area (Å²) in [5.41, 5.74) is 0.729. The van der Waals surface area contributed by atoms with Crippen LogP contribution in [-0.2, 0) is 10.2 Å². The number of nitrogens with zero attached hydrogens (tertiary/aromatic N) is 1. The van der Waals surface area contributed by atoms with Crippen LogP contribution in [0.3, 0.4) is 0 Å². The maximum Gasteiger partial charge on any atom is 0.279 e. The minimum Gasteiger partial charge on any atom is -0.207 e. The summed E-state index contributed by atoms with van der Waals surface area (Å²) >= 11 is 0. The van der Waals surface area contributed by atoms with Crippen molar-refractivity contribution in [3.63, 3.8) is 0 Å². The molecule has 102 valence electrons. The Balaban J connectivity index is 2.81. The molecule has 1 aromatic carbocycles. The van der Waals surface area contributed by atoms with E-state index in [1.54, 1.807) is 32.9 Å².